The van der Waals surface area contributed by atoms with Gasteiger partial charge in [0, 0.05) is 16.8 Å². The molecule has 0 aliphatic heterocycles. The van der Waals surface area contributed by atoms with Gasteiger partial charge in [0.05, 0.1) is 24.1 Å². The van der Waals surface area contributed by atoms with Crippen molar-refractivity contribution in [2.45, 2.75) is 13.5 Å². The van der Waals surface area contributed by atoms with Gasteiger partial charge in [0.15, 0.2) is 0 Å². The van der Waals surface area contributed by atoms with E-state index in [-0.39, 0.29) is 5.91 Å². The molecule has 0 saturated heterocycles. The van der Waals surface area contributed by atoms with Crippen LogP contribution in [0.25, 0.3) is 11.3 Å². The molecule has 140 valence electrons. The summed E-state index contributed by atoms with van der Waals surface area (Å²) in [6.45, 7) is 2.62. The smallest absolute Gasteiger partial charge is 0.273 e. The monoisotopic (exact) mass is 391 g/mol. The van der Waals surface area contributed by atoms with E-state index in [0.717, 1.165) is 16.8 Å². The fourth-order valence-corrected chi connectivity index (χ4v) is 2.93. The molecule has 4 rings (SSSR count). The average Bonchev–Trinajstić information content (AvgIpc) is 3.34. The van der Waals surface area contributed by atoms with Crippen molar-refractivity contribution in [3.8, 4) is 11.3 Å². The summed E-state index contributed by atoms with van der Waals surface area (Å²) in [5, 5.41) is 14.8. The zero-order valence-electron chi connectivity index (χ0n) is 15.2. The number of hydrogen-bond donors (Lipinski definition) is 2. The SMILES string of the molecule is Cc1ccc(-c2cc(C(=O)Nc3cnn(Cc4ccc(Cl)cc4)c3)[nH]n2)cc1. The van der Waals surface area contributed by atoms with E-state index in [2.05, 4.69) is 20.6 Å². The topological polar surface area (TPSA) is 75.6 Å². The largest absolute Gasteiger partial charge is 0.318 e. The third kappa shape index (κ3) is 4.13. The molecule has 0 unspecified atom stereocenters. The first-order valence-corrected chi connectivity index (χ1v) is 9.15. The average molecular weight is 392 g/mol. The molecule has 2 aromatic carbocycles. The predicted octanol–water partition coefficient (Wildman–Crippen LogP) is 4.54. The summed E-state index contributed by atoms with van der Waals surface area (Å²) < 4.78 is 1.75. The lowest BCUT2D eigenvalue weighted by Gasteiger charge is -2.02. The summed E-state index contributed by atoms with van der Waals surface area (Å²) in [6.07, 6.45) is 3.40. The van der Waals surface area contributed by atoms with E-state index in [1.165, 1.54) is 5.56 Å². The Balaban J connectivity index is 1.42. The maximum absolute atomic E-state index is 12.5. The molecule has 2 N–H and O–H groups in total. The molecular weight excluding hydrogens is 374 g/mol. The van der Waals surface area contributed by atoms with Crippen molar-refractivity contribution in [3.05, 3.63) is 88.8 Å². The summed E-state index contributed by atoms with van der Waals surface area (Å²) in [6, 6.07) is 17.3. The maximum atomic E-state index is 12.5. The zero-order chi connectivity index (χ0) is 19.5. The van der Waals surface area contributed by atoms with E-state index in [1.54, 1.807) is 23.1 Å². The summed E-state index contributed by atoms with van der Waals surface area (Å²) in [5.41, 5.74) is 4.93. The van der Waals surface area contributed by atoms with Crippen LogP contribution in [0.2, 0.25) is 5.02 Å². The summed E-state index contributed by atoms with van der Waals surface area (Å²) >= 11 is 5.90. The minimum Gasteiger partial charge on any atom is -0.318 e. The van der Waals surface area contributed by atoms with Gasteiger partial charge >= 0.3 is 0 Å². The second-order valence-corrected chi connectivity index (χ2v) is 6.98. The molecule has 28 heavy (non-hydrogen) atoms. The van der Waals surface area contributed by atoms with Crippen molar-refractivity contribution < 1.29 is 4.79 Å². The Morgan fingerprint density at radius 3 is 2.64 bits per heavy atom. The quantitative estimate of drug-likeness (QED) is 0.524. The Bertz CT molecular complexity index is 1100. The number of carbonyl (C=O) groups is 1. The molecule has 0 aliphatic rings. The third-order valence-corrected chi connectivity index (χ3v) is 4.57. The number of nitrogens with one attached hydrogen (secondary N) is 2. The minimum atomic E-state index is -0.267. The van der Waals surface area contributed by atoms with Gasteiger partial charge in [-0.2, -0.15) is 10.2 Å². The van der Waals surface area contributed by atoms with Crippen LogP contribution in [-0.4, -0.2) is 25.9 Å². The summed E-state index contributed by atoms with van der Waals surface area (Å²) in [4.78, 5) is 12.5. The van der Waals surface area contributed by atoms with Crippen LogP contribution in [0.4, 0.5) is 5.69 Å². The first-order valence-electron chi connectivity index (χ1n) is 8.77. The Morgan fingerprint density at radius 2 is 1.89 bits per heavy atom. The predicted molar refractivity (Wildman–Crippen MR) is 109 cm³/mol. The van der Waals surface area contributed by atoms with Crippen LogP contribution in [0.15, 0.2) is 67.0 Å². The molecule has 0 atom stereocenters. The molecule has 0 aliphatic carbocycles. The highest BCUT2D eigenvalue weighted by Crippen LogP contribution is 2.19. The first-order chi connectivity index (χ1) is 13.6. The number of benzene rings is 2. The highest BCUT2D eigenvalue weighted by molar-refractivity contribution is 6.30. The van der Waals surface area contributed by atoms with Crippen LogP contribution >= 0.6 is 11.6 Å². The number of aryl methyl sites for hydroxylation is 1. The molecule has 0 bridgehead atoms. The Kier molecular flexibility index (Phi) is 4.95. The molecule has 0 saturated carbocycles. The van der Waals surface area contributed by atoms with Gasteiger partial charge in [-0.25, -0.2) is 0 Å². The Labute approximate surface area is 167 Å². The van der Waals surface area contributed by atoms with Crippen LogP contribution in [0.3, 0.4) is 0 Å². The number of H-pyrrole nitrogens is 1. The Hall–Kier alpha value is -3.38. The minimum absolute atomic E-state index is 0.267. The molecule has 6 nitrogen and oxygen atoms in total. The van der Waals surface area contributed by atoms with Crippen molar-refractivity contribution in [1.29, 1.82) is 0 Å². The highest BCUT2D eigenvalue weighted by Gasteiger charge is 2.12. The van der Waals surface area contributed by atoms with E-state index in [4.69, 9.17) is 11.6 Å². The van der Waals surface area contributed by atoms with Crippen molar-refractivity contribution in [3.63, 3.8) is 0 Å². The van der Waals surface area contributed by atoms with Crippen molar-refractivity contribution >= 4 is 23.2 Å². The fourth-order valence-electron chi connectivity index (χ4n) is 2.80. The van der Waals surface area contributed by atoms with Gasteiger partial charge in [-0.1, -0.05) is 53.6 Å². The van der Waals surface area contributed by atoms with E-state index >= 15 is 0 Å². The highest BCUT2D eigenvalue weighted by atomic mass is 35.5. The first kappa shape index (κ1) is 18.0. The van der Waals surface area contributed by atoms with Crippen molar-refractivity contribution in [2.24, 2.45) is 0 Å². The number of halogens is 1. The van der Waals surface area contributed by atoms with Crippen LogP contribution in [0.1, 0.15) is 21.6 Å². The van der Waals surface area contributed by atoms with Crippen LogP contribution < -0.4 is 5.32 Å². The number of aromatic amines is 1. The molecule has 2 heterocycles. The molecule has 7 heteroatoms. The van der Waals surface area contributed by atoms with Crippen molar-refractivity contribution in [1.82, 2.24) is 20.0 Å². The van der Waals surface area contributed by atoms with E-state index < -0.39 is 0 Å². The van der Waals surface area contributed by atoms with Gasteiger partial charge in [0.25, 0.3) is 5.91 Å². The lowest BCUT2D eigenvalue weighted by atomic mass is 10.1. The molecule has 4 aromatic rings. The van der Waals surface area contributed by atoms with Gasteiger partial charge in [-0.05, 0) is 30.7 Å². The number of anilines is 1. The standard InChI is InChI=1S/C21H18ClN5O/c1-14-2-6-16(7-3-14)19-10-20(26-25-19)21(28)24-18-11-23-27(13-18)12-15-4-8-17(22)9-5-15/h2-11,13H,12H2,1H3,(H,24,28)(H,25,26). The van der Waals surface area contributed by atoms with E-state index in [1.807, 2.05) is 55.5 Å². The zero-order valence-corrected chi connectivity index (χ0v) is 15.9. The van der Waals surface area contributed by atoms with Gasteiger partial charge in [-0.15, -0.1) is 0 Å². The molecule has 0 fully saturated rings. The van der Waals surface area contributed by atoms with Gasteiger partial charge in [0.1, 0.15) is 5.69 Å². The maximum Gasteiger partial charge on any atom is 0.273 e. The number of nitrogens with zero attached hydrogens (tertiary/aromatic N) is 3. The fraction of sp³-hybridized carbons (Fsp3) is 0.0952. The van der Waals surface area contributed by atoms with E-state index in [9.17, 15) is 4.79 Å². The number of rotatable bonds is 5. The molecule has 0 radical (unpaired) electrons. The number of amides is 1. The normalized spacial score (nSPS) is 10.8. The molecule has 2 aromatic heterocycles. The summed E-state index contributed by atoms with van der Waals surface area (Å²) in [7, 11) is 0. The lowest BCUT2D eigenvalue weighted by molar-refractivity contribution is 0.102. The summed E-state index contributed by atoms with van der Waals surface area (Å²) in [5.74, 6) is -0.267. The van der Waals surface area contributed by atoms with Crippen LogP contribution in [0, 0.1) is 6.92 Å². The third-order valence-electron chi connectivity index (χ3n) is 4.32. The Morgan fingerprint density at radius 1 is 1.14 bits per heavy atom. The number of carbonyl (C=O) groups excluding carboxylic acids is 1. The van der Waals surface area contributed by atoms with Gasteiger partial charge in [-0.3, -0.25) is 14.6 Å². The lowest BCUT2D eigenvalue weighted by Crippen LogP contribution is -2.11. The van der Waals surface area contributed by atoms with Crippen LogP contribution in [-0.2, 0) is 6.54 Å². The number of hydrogen-bond acceptors (Lipinski definition) is 3. The number of aromatic nitrogens is 4. The van der Waals surface area contributed by atoms with Crippen molar-refractivity contribution in [2.75, 3.05) is 5.32 Å². The molecular formula is C21H18ClN5O. The van der Waals surface area contributed by atoms with Crippen LogP contribution in [0.5, 0.6) is 0 Å². The van der Waals surface area contributed by atoms with Gasteiger partial charge in [0.2, 0.25) is 0 Å². The molecule has 1 amide bonds. The molecule has 0 spiro atoms. The second kappa shape index (κ2) is 7.70. The second-order valence-electron chi connectivity index (χ2n) is 6.54. The van der Waals surface area contributed by atoms with E-state index in [0.29, 0.717) is 22.9 Å². The van der Waals surface area contributed by atoms with Gasteiger partial charge < -0.3 is 5.32 Å².